The van der Waals surface area contributed by atoms with Crippen molar-refractivity contribution in [2.45, 2.75) is 146 Å². The van der Waals surface area contributed by atoms with Crippen molar-refractivity contribution in [3.05, 3.63) is 0 Å². The molecule has 2 heterocycles. The van der Waals surface area contributed by atoms with E-state index in [1.165, 1.54) is 25.7 Å². The summed E-state index contributed by atoms with van der Waals surface area (Å²) in [5, 5.41) is 61.5. The van der Waals surface area contributed by atoms with Crippen molar-refractivity contribution in [2.24, 2.45) is 0 Å². The van der Waals surface area contributed by atoms with Gasteiger partial charge in [0.25, 0.3) is 0 Å². The van der Waals surface area contributed by atoms with Gasteiger partial charge < -0.3 is 54.3 Å². The second kappa shape index (κ2) is 18.9. The highest BCUT2D eigenvalue weighted by Gasteiger charge is 2.60. The third kappa shape index (κ3) is 10.4. The lowest BCUT2D eigenvalue weighted by Gasteiger charge is -2.44. The smallest absolute Gasteiger partial charge is 0.224 e. The van der Waals surface area contributed by atoms with Gasteiger partial charge in [0.15, 0.2) is 6.29 Å². The zero-order valence-corrected chi connectivity index (χ0v) is 23.9. The summed E-state index contributed by atoms with van der Waals surface area (Å²) in [5.74, 6) is -1.77. The summed E-state index contributed by atoms with van der Waals surface area (Å²) >= 11 is 0. The lowest BCUT2D eigenvalue weighted by Crippen LogP contribution is -2.63. The molecule has 2 fully saturated rings. The Morgan fingerprint density at radius 3 is 1.79 bits per heavy atom. The molecule has 232 valence electrons. The minimum Gasteiger partial charge on any atom is -0.394 e. The minimum atomic E-state index is -1.77. The van der Waals surface area contributed by atoms with Crippen LogP contribution in [0.15, 0.2) is 0 Å². The second-order valence-corrected chi connectivity index (χ2v) is 10.8. The molecule has 2 rings (SSSR count). The maximum atomic E-state index is 11.0. The fraction of sp³-hybridized carbons (Fsp3) is 1.00. The van der Waals surface area contributed by atoms with Crippen LogP contribution in [0.1, 0.15) is 90.9 Å². The minimum absolute atomic E-state index is 0.189. The van der Waals surface area contributed by atoms with E-state index in [0.717, 1.165) is 51.4 Å². The van der Waals surface area contributed by atoms with Crippen LogP contribution in [-0.4, -0.2) is 118 Å². The van der Waals surface area contributed by atoms with Gasteiger partial charge in [0.05, 0.1) is 13.2 Å². The standard InChI is InChI=1S/C28H54O11/c1-3-5-7-9-11-13-15-35-19-28(39-27-25(34)24(33)22(31)20(17-29)37-27)26(23(32)21(18-30)38-28)36-16-14-12-10-8-6-4-2/h20-27,29-34H,3-19H2,1-2H3/t20-,21-,22-,23-,24+,25-,26+,27-,28+/m1/s1. The van der Waals surface area contributed by atoms with Crippen LogP contribution >= 0.6 is 0 Å². The quantitative estimate of drug-likeness (QED) is 0.111. The molecular formula is C28H54O11. The third-order valence-corrected chi connectivity index (χ3v) is 7.56. The van der Waals surface area contributed by atoms with Crippen LogP contribution in [0.25, 0.3) is 0 Å². The average molecular weight is 567 g/mol. The van der Waals surface area contributed by atoms with Gasteiger partial charge in [-0.2, -0.15) is 0 Å². The molecule has 0 aliphatic carbocycles. The topological polar surface area (TPSA) is 168 Å². The molecule has 0 amide bonds. The Kier molecular flexibility index (Phi) is 16.8. The maximum Gasteiger partial charge on any atom is 0.224 e. The summed E-state index contributed by atoms with van der Waals surface area (Å²) in [6, 6.07) is 0. The molecule has 0 saturated carbocycles. The van der Waals surface area contributed by atoms with E-state index in [9.17, 15) is 30.6 Å². The summed E-state index contributed by atoms with van der Waals surface area (Å²) < 4.78 is 29.7. The molecule has 0 aromatic rings. The molecule has 2 aliphatic rings. The molecule has 39 heavy (non-hydrogen) atoms. The average Bonchev–Trinajstić information content (AvgIpc) is 3.20. The summed E-state index contributed by atoms with van der Waals surface area (Å²) in [5.41, 5.74) is 0. The Morgan fingerprint density at radius 2 is 1.21 bits per heavy atom. The number of hydrogen-bond donors (Lipinski definition) is 6. The number of aliphatic hydroxyl groups excluding tert-OH is 6. The molecule has 0 bridgehead atoms. The van der Waals surface area contributed by atoms with Crippen molar-refractivity contribution in [2.75, 3.05) is 33.0 Å². The van der Waals surface area contributed by atoms with E-state index in [4.69, 9.17) is 23.7 Å². The maximum absolute atomic E-state index is 11.0. The number of aliphatic hydroxyl groups is 6. The molecule has 0 unspecified atom stereocenters. The SMILES string of the molecule is CCCCCCCCOC[C@@]1(O[C@H]2O[C@H](CO)[C@@H](O)[C@H](O)[C@H]2O)O[C@H](CO)[C@@H](O)[C@@H]1OCCCCCCCC. The van der Waals surface area contributed by atoms with E-state index >= 15 is 0 Å². The molecule has 11 nitrogen and oxygen atoms in total. The van der Waals surface area contributed by atoms with E-state index in [2.05, 4.69) is 13.8 Å². The summed E-state index contributed by atoms with van der Waals surface area (Å²) in [7, 11) is 0. The molecule has 6 N–H and O–H groups in total. The Balaban J connectivity index is 2.12. The Labute approximate surface area is 233 Å². The van der Waals surface area contributed by atoms with Gasteiger partial charge in [-0.3, -0.25) is 0 Å². The van der Waals surface area contributed by atoms with Crippen molar-refractivity contribution in [1.29, 1.82) is 0 Å². The Hall–Kier alpha value is -0.440. The first-order chi connectivity index (χ1) is 18.8. The van der Waals surface area contributed by atoms with E-state index in [1.807, 2.05) is 0 Å². The van der Waals surface area contributed by atoms with E-state index in [1.54, 1.807) is 0 Å². The van der Waals surface area contributed by atoms with Gasteiger partial charge in [-0.05, 0) is 12.8 Å². The molecule has 0 aromatic heterocycles. The monoisotopic (exact) mass is 566 g/mol. The molecule has 0 aromatic carbocycles. The first-order valence-electron chi connectivity index (χ1n) is 15.0. The summed E-state index contributed by atoms with van der Waals surface area (Å²) in [6.07, 6.45) is 1.78. The molecule has 0 spiro atoms. The highest BCUT2D eigenvalue weighted by Crippen LogP contribution is 2.38. The first kappa shape index (κ1) is 34.8. The molecule has 2 saturated heterocycles. The summed E-state index contributed by atoms with van der Waals surface area (Å²) in [6.45, 7) is 3.73. The van der Waals surface area contributed by atoms with Gasteiger partial charge in [0.2, 0.25) is 5.79 Å². The lowest BCUT2D eigenvalue weighted by molar-refractivity contribution is -0.387. The zero-order chi connectivity index (χ0) is 28.7. The number of hydrogen-bond acceptors (Lipinski definition) is 11. The molecule has 0 radical (unpaired) electrons. The van der Waals surface area contributed by atoms with Gasteiger partial charge in [0, 0.05) is 13.2 Å². The van der Waals surface area contributed by atoms with Crippen LogP contribution in [0, 0.1) is 0 Å². The van der Waals surface area contributed by atoms with Crippen molar-refractivity contribution >= 4 is 0 Å². The highest BCUT2D eigenvalue weighted by molar-refractivity contribution is 5.00. The normalized spacial score (nSPS) is 35.1. The van der Waals surface area contributed by atoms with Crippen LogP contribution in [0.2, 0.25) is 0 Å². The van der Waals surface area contributed by atoms with Crippen molar-refractivity contribution in [3.63, 3.8) is 0 Å². The van der Waals surface area contributed by atoms with Gasteiger partial charge in [-0.25, -0.2) is 0 Å². The van der Waals surface area contributed by atoms with Crippen LogP contribution in [0.3, 0.4) is 0 Å². The summed E-state index contributed by atoms with van der Waals surface area (Å²) in [4.78, 5) is 0. The van der Waals surface area contributed by atoms with Crippen LogP contribution in [-0.2, 0) is 23.7 Å². The Bertz CT molecular complexity index is 624. The number of unbranched alkanes of at least 4 members (excludes halogenated alkanes) is 10. The largest absolute Gasteiger partial charge is 0.394 e. The van der Waals surface area contributed by atoms with E-state index in [0.29, 0.717) is 13.2 Å². The molecule has 9 atom stereocenters. The number of ether oxygens (including phenoxy) is 5. The van der Waals surface area contributed by atoms with E-state index in [-0.39, 0.29) is 6.61 Å². The predicted octanol–water partition coefficient (Wildman–Crippen LogP) is 1.37. The lowest BCUT2D eigenvalue weighted by atomic mass is 9.99. The fourth-order valence-corrected chi connectivity index (χ4v) is 5.12. The van der Waals surface area contributed by atoms with Crippen molar-refractivity contribution < 1.29 is 54.3 Å². The fourth-order valence-electron chi connectivity index (χ4n) is 5.12. The van der Waals surface area contributed by atoms with Crippen LogP contribution < -0.4 is 0 Å². The van der Waals surface area contributed by atoms with Crippen LogP contribution in [0.4, 0.5) is 0 Å². The zero-order valence-electron chi connectivity index (χ0n) is 23.9. The molecule has 11 heteroatoms. The van der Waals surface area contributed by atoms with Crippen molar-refractivity contribution in [3.8, 4) is 0 Å². The highest BCUT2D eigenvalue weighted by atomic mass is 16.8. The Morgan fingerprint density at radius 1 is 0.641 bits per heavy atom. The molecule has 2 aliphatic heterocycles. The van der Waals surface area contributed by atoms with Crippen molar-refractivity contribution in [1.82, 2.24) is 0 Å². The predicted molar refractivity (Wildman–Crippen MR) is 143 cm³/mol. The van der Waals surface area contributed by atoms with Gasteiger partial charge in [-0.15, -0.1) is 0 Å². The molecular weight excluding hydrogens is 512 g/mol. The number of rotatable bonds is 21. The van der Waals surface area contributed by atoms with Crippen LogP contribution in [0.5, 0.6) is 0 Å². The van der Waals surface area contributed by atoms with Gasteiger partial charge in [0.1, 0.15) is 49.3 Å². The second-order valence-electron chi connectivity index (χ2n) is 10.8. The first-order valence-corrected chi connectivity index (χ1v) is 15.0. The third-order valence-electron chi connectivity index (χ3n) is 7.56. The van der Waals surface area contributed by atoms with Gasteiger partial charge >= 0.3 is 0 Å². The van der Waals surface area contributed by atoms with Gasteiger partial charge in [-0.1, -0.05) is 78.1 Å². The van der Waals surface area contributed by atoms with E-state index < -0.39 is 68.0 Å².